The van der Waals surface area contributed by atoms with Crippen LogP contribution < -0.4 is 10.2 Å². The van der Waals surface area contributed by atoms with Gasteiger partial charge in [0, 0.05) is 13.1 Å². The second-order valence-corrected chi connectivity index (χ2v) is 5.55. The number of carbonyl (C=O) groups excluding carboxylic acids is 2. The lowest BCUT2D eigenvalue weighted by molar-refractivity contribution is -0.138. The molecule has 0 saturated carbocycles. The minimum absolute atomic E-state index is 0.0550. The van der Waals surface area contributed by atoms with E-state index in [9.17, 15) is 19.1 Å². The maximum atomic E-state index is 14.4. The molecule has 0 atom stereocenters. The lowest BCUT2D eigenvalue weighted by Crippen LogP contribution is -2.36. The van der Waals surface area contributed by atoms with Crippen molar-refractivity contribution in [3.05, 3.63) is 35.8 Å². The Balaban J connectivity index is 2.35. The largest absolute Gasteiger partial charge is 0.466 e. The Morgan fingerprint density at radius 2 is 1.96 bits per heavy atom. The van der Waals surface area contributed by atoms with Crippen molar-refractivity contribution in [2.24, 2.45) is 0 Å². The quantitative estimate of drug-likeness (QED) is 0.612. The Kier molecular flexibility index (Phi) is 6.35. The van der Waals surface area contributed by atoms with Crippen molar-refractivity contribution in [3.8, 4) is 0 Å². The van der Waals surface area contributed by atoms with E-state index in [0.717, 1.165) is 13.2 Å². The summed E-state index contributed by atoms with van der Waals surface area (Å²) >= 11 is 0. The molecule has 0 radical (unpaired) electrons. The van der Waals surface area contributed by atoms with Gasteiger partial charge in [0.1, 0.15) is 11.5 Å². The number of hydrogen-bond acceptors (Lipinski definition) is 7. The molecule has 0 aliphatic carbocycles. The number of piperidine rings is 1. The molecule has 0 bridgehead atoms. The van der Waals surface area contributed by atoms with Gasteiger partial charge in [-0.05, 0) is 25.0 Å². The summed E-state index contributed by atoms with van der Waals surface area (Å²) in [4.78, 5) is 25.2. The monoisotopic (exact) mass is 352 g/mol. The van der Waals surface area contributed by atoms with Crippen molar-refractivity contribution in [1.82, 2.24) is 0 Å². The normalized spacial score (nSPS) is 15.7. The summed E-state index contributed by atoms with van der Waals surface area (Å²) in [6.07, 6.45) is 1.67. The van der Waals surface area contributed by atoms with Crippen LogP contribution in [0.5, 0.6) is 0 Å². The van der Waals surface area contributed by atoms with E-state index in [1.54, 1.807) is 12.1 Å². The number of esters is 2. The van der Waals surface area contributed by atoms with Crippen LogP contribution in [0.3, 0.4) is 0 Å². The number of rotatable bonds is 5. The van der Waals surface area contributed by atoms with E-state index in [1.165, 1.54) is 13.2 Å². The third-order valence-electron chi connectivity index (χ3n) is 3.93. The van der Waals surface area contributed by atoms with Gasteiger partial charge in [0.15, 0.2) is 0 Å². The SMILES string of the molecule is COC(=O)/C=C(/Nc1c(F)cccc1N1CCC(O)CC1)C(=O)OC. The van der Waals surface area contributed by atoms with Crippen LogP contribution in [-0.2, 0) is 19.1 Å². The second kappa shape index (κ2) is 8.48. The number of anilines is 2. The molecule has 136 valence electrons. The molecule has 1 aromatic rings. The van der Waals surface area contributed by atoms with Crippen molar-refractivity contribution in [1.29, 1.82) is 0 Å². The lowest BCUT2D eigenvalue weighted by atomic mass is 10.1. The van der Waals surface area contributed by atoms with Gasteiger partial charge in [-0.1, -0.05) is 6.07 Å². The number of methoxy groups -OCH3 is 2. The van der Waals surface area contributed by atoms with Gasteiger partial charge in [0.25, 0.3) is 0 Å². The summed E-state index contributed by atoms with van der Waals surface area (Å²) in [5.41, 5.74) is 0.351. The predicted molar refractivity (Wildman–Crippen MR) is 89.6 cm³/mol. The van der Waals surface area contributed by atoms with Crippen LogP contribution in [0.1, 0.15) is 12.8 Å². The zero-order valence-corrected chi connectivity index (χ0v) is 14.1. The standard InChI is InChI=1S/C17H21FN2O5/c1-24-15(22)10-13(17(23)25-2)19-16-12(18)4-3-5-14(16)20-8-6-11(21)7-9-20/h3-5,10-11,19,21H,6-9H2,1-2H3/b13-10+. The minimum Gasteiger partial charge on any atom is -0.466 e. The van der Waals surface area contributed by atoms with Crippen LogP contribution >= 0.6 is 0 Å². The number of nitrogens with one attached hydrogen (secondary N) is 1. The van der Waals surface area contributed by atoms with Gasteiger partial charge in [-0.15, -0.1) is 0 Å². The average Bonchev–Trinajstić information content (AvgIpc) is 2.62. The molecule has 1 fully saturated rings. The summed E-state index contributed by atoms with van der Waals surface area (Å²) in [5, 5.41) is 12.3. The Morgan fingerprint density at radius 3 is 2.56 bits per heavy atom. The summed E-state index contributed by atoms with van der Waals surface area (Å²) in [7, 11) is 2.32. The molecule has 0 aromatic heterocycles. The van der Waals surface area contributed by atoms with Crippen LogP contribution in [0.25, 0.3) is 0 Å². The van der Waals surface area contributed by atoms with E-state index in [2.05, 4.69) is 14.8 Å². The fraction of sp³-hybridized carbons (Fsp3) is 0.412. The van der Waals surface area contributed by atoms with Crippen molar-refractivity contribution in [2.45, 2.75) is 18.9 Å². The van der Waals surface area contributed by atoms with Crippen molar-refractivity contribution in [2.75, 3.05) is 37.5 Å². The third-order valence-corrected chi connectivity index (χ3v) is 3.93. The Bertz CT molecular complexity index is 669. The molecule has 0 unspecified atom stereocenters. The minimum atomic E-state index is -0.825. The van der Waals surface area contributed by atoms with Gasteiger partial charge in [-0.3, -0.25) is 0 Å². The number of benzene rings is 1. The fourth-order valence-electron chi connectivity index (χ4n) is 2.57. The number of aliphatic hydroxyl groups excluding tert-OH is 1. The number of carbonyl (C=O) groups is 2. The van der Waals surface area contributed by atoms with Crippen LogP contribution in [0.15, 0.2) is 30.0 Å². The molecule has 2 N–H and O–H groups in total. The topological polar surface area (TPSA) is 88.1 Å². The predicted octanol–water partition coefficient (Wildman–Crippen LogP) is 1.43. The lowest BCUT2D eigenvalue weighted by Gasteiger charge is -2.33. The van der Waals surface area contributed by atoms with Crippen molar-refractivity contribution >= 4 is 23.3 Å². The van der Waals surface area contributed by atoms with Gasteiger partial charge in [0.2, 0.25) is 0 Å². The van der Waals surface area contributed by atoms with E-state index >= 15 is 0 Å². The highest BCUT2D eigenvalue weighted by Gasteiger charge is 2.23. The average molecular weight is 352 g/mol. The first-order valence-electron chi connectivity index (χ1n) is 7.82. The van der Waals surface area contributed by atoms with E-state index in [1.807, 2.05) is 4.90 Å². The Labute approximate surface area is 145 Å². The van der Waals surface area contributed by atoms with Crippen LogP contribution in [0.4, 0.5) is 15.8 Å². The zero-order chi connectivity index (χ0) is 18.4. The number of aliphatic hydroxyl groups is 1. The van der Waals surface area contributed by atoms with Crippen LogP contribution in [-0.4, -0.2) is 50.5 Å². The van der Waals surface area contributed by atoms with Crippen LogP contribution in [0, 0.1) is 5.82 Å². The molecule has 0 spiro atoms. The summed E-state index contributed by atoms with van der Waals surface area (Å²) in [6, 6.07) is 4.51. The number of nitrogens with zero attached hydrogens (tertiary/aromatic N) is 1. The molecule has 1 aromatic carbocycles. The maximum Gasteiger partial charge on any atom is 0.354 e. The molecule has 1 aliphatic rings. The van der Waals surface area contributed by atoms with Gasteiger partial charge < -0.3 is 24.8 Å². The molecular weight excluding hydrogens is 331 g/mol. The molecule has 0 amide bonds. The first-order chi connectivity index (χ1) is 12.0. The Hall–Kier alpha value is -2.61. The molecule has 8 heteroatoms. The molecular formula is C17H21FN2O5. The first-order valence-corrected chi connectivity index (χ1v) is 7.82. The second-order valence-electron chi connectivity index (χ2n) is 5.55. The van der Waals surface area contributed by atoms with Crippen molar-refractivity contribution < 1.29 is 28.6 Å². The smallest absolute Gasteiger partial charge is 0.354 e. The van der Waals surface area contributed by atoms with Gasteiger partial charge in [-0.2, -0.15) is 0 Å². The number of ether oxygens (including phenoxy) is 2. The molecule has 1 saturated heterocycles. The van der Waals surface area contributed by atoms with Gasteiger partial charge in [-0.25, -0.2) is 14.0 Å². The molecule has 1 heterocycles. The maximum absolute atomic E-state index is 14.4. The fourth-order valence-corrected chi connectivity index (χ4v) is 2.57. The molecule has 25 heavy (non-hydrogen) atoms. The zero-order valence-electron chi connectivity index (χ0n) is 14.1. The van der Waals surface area contributed by atoms with Crippen LogP contribution in [0.2, 0.25) is 0 Å². The number of halogens is 1. The first kappa shape index (κ1) is 18.7. The molecule has 2 rings (SSSR count). The summed E-state index contributed by atoms with van der Waals surface area (Å²) in [6.45, 7) is 1.10. The van der Waals surface area contributed by atoms with Crippen molar-refractivity contribution in [3.63, 3.8) is 0 Å². The number of hydrogen-bond donors (Lipinski definition) is 2. The highest BCUT2D eigenvalue weighted by Crippen LogP contribution is 2.32. The van der Waals surface area contributed by atoms with E-state index in [-0.39, 0.29) is 17.5 Å². The third kappa shape index (κ3) is 4.69. The van der Waals surface area contributed by atoms with E-state index < -0.39 is 17.8 Å². The molecule has 7 nitrogen and oxygen atoms in total. The summed E-state index contributed by atoms with van der Waals surface area (Å²) in [5.74, 6) is -2.18. The van der Waals surface area contributed by atoms with E-state index in [4.69, 9.17) is 0 Å². The van der Waals surface area contributed by atoms with E-state index in [0.29, 0.717) is 31.6 Å². The Morgan fingerprint density at radius 1 is 1.28 bits per heavy atom. The highest BCUT2D eigenvalue weighted by molar-refractivity contribution is 5.99. The van der Waals surface area contributed by atoms with Gasteiger partial charge in [0.05, 0.1) is 37.8 Å². The van der Waals surface area contributed by atoms with Gasteiger partial charge >= 0.3 is 11.9 Å². The summed E-state index contributed by atoms with van der Waals surface area (Å²) < 4.78 is 23.5. The number of para-hydroxylation sites is 1. The molecule has 1 aliphatic heterocycles. The highest BCUT2D eigenvalue weighted by atomic mass is 19.1.